The van der Waals surface area contributed by atoms with E-state index in [1.165, 1.54) is 25.1 Å². The Hall–Kier alpha value is -4.52. The maximum atomic E-state index is 12.9. The van der Waals surface area contributed by atoms with Crippen LogP contribution in [0, 0.1) is 6.92 Å². The molecule has 0 aliphatic rings. The summed E-state index contributed by atoms with van der Waals surface area (Å²) in [4.78, 5) is 17.2. The number of halogens is 3. The van der Waals surface area contributed by atoms with Crippen molar-refractivity contribution < 1.29 is 36.9 Å². The Kier molecular flexibility index (Phi) is 8.10. The number of methoxy groups -OCH3 is 2. The normalized spacial score (nSPS) is 11.4. The number of hydrogen-bond donors (Lipinski definition) is 2. The SMILES string of the molecule is COc1cc2nccc(Oc3ccc(NC(=O)c4nn(CCN)cc4OCC(F)(F)F)cc3C)c2cc1OC. The average molecular weight is 546 g/mol. The average Bonchev–Trinajstić information content (AvgIpc) is 3.31. The number of aromatic nitrogens is 3. The van der Waals surface area contributed by atoms with Crippen molar-refractivity contribution in [3.05, 3.63) is 60.0 Å². The number of nitrogens with one attached hydrogen (secondary N) is 1. The molecule has 0 saturated heterocycles. The zero-order chi connectivity index (χ0) is 28.2. The van der Waals surface area contributed by atoms with Crippen LogP contribution < -0.4 is 30.0 Å². The van der Waals surface area contributed by atoms with Crippen molar-refractivity contribution in [1.82, 2.24) is 14.8 Å². The summed E-state index contributed by atoms with van der Waals surface area (Å²) in [6, 6.07) is 10.1. The molecular weight excluding hydrogens is 519 g/mol. The minimum atomic E-state index is -4.58. The molecule has 0 fully saturated rings. The van der Waals surface area contributed by atoms with E-state index in [1.54, 1.807) is 49.5 Å². The molecule has 1 amide bonds. The Morgan fingerprint density at radius 1 is 1.03 bits per heavy atom. The van der Waals surface area contributed by atoms with E-state index in [1.807, 2.05) is 0 Å². The molecule has 0 radical (unpaired) electrons. The van der Waals surface area contributed by atoms with E-state index in [0.29, 0.717) is 45.2 Å². The topological polar surface area (TPSA) is 123 Å². The highest BCUT2D eigenvalue weighted by Crippen LogP contribution is 2.37. The predicted octanol–water partition coefficient (Wildman–Crippen LogP) is 4.70. The fraction of sp³-hybridized carbons (Fsp3) is 0.269. The van der Waals surface area contributed by atoms with Gasteiger partial charge < -0.3 is 30.0 Å². The number of benzene rings is 2. The van der Waals surface area contributed by atoms with Gasteiger partial charge in [-0.25, -0.2) is 0 Å². The van der Waals surface area contributed by atoms with E-state index in [9.17, 15) is 18.0 Å². The van der Waals surface area contributed by atoms with Crippen LogP contribution in [0.1, 0.15) is 16.1 Å². The van der Waals surface area contributed by atoms with E-state index in [2.05, 4.69) is 15.4 Å². The molecule has 39 heavy (non-hydrogen) atoms. The van der Waals surface area contributed by atoms with Crippen LogP contribution in [0.4, 0.5) is 18.9 Å². The highest BCUT2D eigenvalue weighted by Gasteiger charge is 2.30. The van der Waals surface area contributed by atoms with Gasteiger partial charge in [0.05, 0.1) is 32.5 Å². The van der Waals surface area contributed by atoms with Crippen LogP contribution in [0.25, 0.3) is 10.9 Å². The van der Waals surface area contributed by atoms with Crippen molar-refractivity contribution in [2.75, 3.05) is 32.7 Å². The zero-order valence-corrected chi connectivity index (χ0v) is 21.3. The van der Waals surface area contributed by atoms with Gasteiger partial charge in [-0.1, -0.05) is 0 Å². The standard InChI is InChI=1S/C26H26F3N5O5/c1-15-10-16(32-25(35)24-23(38-14-26(27,28)29)13-34(33-24)9-7-30)4-5-19(15)39-20-6-8-31-18-12-22(37-3)21(36-2)11-17(18)20/h4-6,8,10-13H,7,9,14,30H2,1-3H3,(H,32,35). The van der Waals surface area contributed by atoms with Gasteiger partial charge in [-0.05, 0) is 42.8 Å². The Morgan fingerprint density at radius 2 is 1.77 bits per heavy atom. The predicted molar refractivity (Wildman–Crippen MR) is 137 cm³/mol. The molecule has 0 saturated carbocycles. The summed E-state index contributed by atoms with van der Waals surface area (Å²) in [5, 5.41) is 7.37. The summed E-state index contributed by atoms with van der Waals surface area (Å²) < 4.78 is 61.0. The van der Waals surface area contributed by atoms with Crippen molar-refractivity contribution >= 4 is 22.5 Å². The molecular formula is C26H26F3N5O5. The van der Waals surface area contributed by atoms with Gasteiger partial charge in [-0.3, -0.25) is 14.5 Å². The monoisotopic (exact) mass is 545 g/mol. The van der Waals surface area contributed by atoms with E-state index < -0.39 is 18.7 Å². The Balaban J connectivity index is 1.55. The lowest BCUT2D eigenvalue weighted by Crippen LogP contribution is -2.21. The molecule has 0 atom stereocenters. The first-order valence-electron chi connectivity index (χ1n) is 11.7. The Bertz CT molecular complexity index is 1490. The first-order chi connectivity index (χ1) is 18.6. The molecule has 3 N–H and O–H groups in total. The van der Waals surface area contributed by atoms with Gasteiger partial charge in [-0.2, -0.15) is 18.3 Å². The van der Waals surface area contributed by atoms with Gasteiger partial charge in [0, 0.05) is 29.9 Å². The number of carbonyl (C=O) groups excluding carboxylic acids is 1. The lowest BCUT2D eigenvalue weighted by molar-refractivity contribution is -0.153. The minimum Gasteiger partial charge on any atom is -0.493 e. The van der Waals surface area contributed by atoms with Crippen LogP contribution >= 0.6 is 0 Å². The number of ether oxygens (including phenoxy) is 4. The lowest BCUT2D eigenvalue weighted by atomic mass is 10.1. The lowest BCUT2D eigenvalue weighted by Gasteiger charge is -2.14. The van der Waals surface area contributed by atoms with Gasteiger partial charge in [0.25, 0.3) is 5.91 Å². The summed E-state index contributed by atoms with van der Waals surface area (Å²) in [5.74, 6) is 1.05. The number of pyridine rings is 1. The molecule has 0 spiro atoms. The highest BCUT2D eigenvalue weighted by molar-refractivity contribution is 6.04. The van der Waals surface area contributed by atoms with Crippen LogP contribution in [-0.2, 0) is 6.54 Å². The van der Waals surface area contributed by atoms with E-state index in [-0.39, 0.29) is 24.5 Å². The second-order valence-corrected chi connectivity index (χ2v) is 8.37. The fourth-order valence-corrected chi connectivity index (χ4v) is 3.76. The van der Waals surface area contributed by atoms with Crippen molar-refractivity contribution in [3.8, 4) is 28.7 Å². The summed E-state index contributed by atoms with van der Waals surface area (Å²) in [7, 11) is 3.07. The summed E-state index contributed by atoms with van der Waals surface area (Å²) in [6.07, 6.45) is -1.76. The molecule has 13 heteroatoms. The Labute approximate surface area is 221 Å². The Morgan fingerprint density at radius 3 is 2.44 bits per heavy atom. The van der Waals surface area contributed by atoms with E-state index in [4.69, 9.17) is 24.7 Å². The molecule has 10 nitrogen and oxygen atoms in total. The summed E-state index contributed by atoms with van der Waals surface area (Å²) in [6.45, 7) is 0.596. The number of carbonyl (C=O) groups is 1. The third-order valence-corrected chi connectivity index (χ3v) is 5.55. The molecule has 2 aromatic heterocycles. The molecule has 206 valence electrons. The van der Waals surface area contributed by atoms with E-state index in [0.717, 1.165) is 0 Å². The number of rotatable bonds is 10. The van der Waals surface area contributed by atoms with Gasteiger partial charge in [0.1, 0.15) is 11.5 Å². The molecule has 0 unspecified atom stereocenters. The number of aryl methyl sites for hydroxylation is 1. The van der Waals surface area contributed by atoms with Crippen molar-refractivity contribution in [1.29, 1.82) is 0 Å². The number of nitrogens with zero attached hydrogens (tertiary/aromatic N) is 3. The van der Waals surface area contributed by atoms with Gasteiger partial charge in [0.15, 0.2) is 29.5 Å². The third kappa shape index (κ3) is 6.49. The molecule has 4 rings (SSSR count). The number of alkyl halides is 3. The van der Waals surface area contributed by atoms with Gasteiger partial charge in [0.2, 0.25) is 0 Å². The first kappa shape index (κ1) is 27.5. The van der Waals surface area contributed by atoms with Crippen LogP contribution in [0.3, 0.4) is 0 Å². The second-order valence-electron chi connectivity index (χ2n) is 8.37. The van der Waals surface area contributed by atoms with Crippen LogP contribution in [0.2, 0.25) is 0 Å². The van der Waals surface area contributed by atoms with Crippen LogP contribution in [-0.4, -0.2) is 54.2 Å². The fourth-order valence-electron chi connectivity index (χ4n) is 3.76. The maximum Gasteiger partial charge on any atom is 0.422 e. The van der Waals surface area contributed by atoms with E-state index >= 15 is 0 Å². The quantitative estimate of drug-likeness (QED) is 0.294. The zero-order valence-electron chi connectivity index (χ0n) is 21.3. The van der Waals surface area contributed by atoms with Gasteiger partial charge >= 0.3 is 6.18 Å². The first-order valence-corrected chi connectivity index (χ1v) is 11.7. The van der Waals surface area contributed by atoms with Crippen LogP contribution in [0.15, 0.2) is 48.8 Å². The maximum absolute atomic E-state index is 12.9. The number of fused-ring (bicyclic) bond motifs is 1. The number of amides is 1. The largest absolute Gasteiger partial charge is 0.493 e. The third-order valence-electron chi connectivity index (χ3n) is 5.55. The molecule has 2 aromatic carbocycles. The van der Waals surface area contributed by atoms with Crippen LogP contribution in [0.5, 0.6) is 28.7 Å². The van der Waals surface area contributed by atoms with Crippen molar-refractivity contribution in [2.45, 2.75) is 19.6 Å². The molecule has 0 aliphatic heterocycles. The number of hydrogen-bond acceptors (Lipinski definition) is 8. The number of nitrogens with two attached hydrogens (primary N) is 1. The molecule has 0 aliphatic carbocycles. The smallest absolute Gasteiger partial charge is 0.422 e. The molecule has 0 bridgehead atoms. The number of anilines is 1. The highest BCUT2D eigenvalue weighted by atomic mass is 19.4. The summed E-state index contributed by atoms with van der Waals surface area (Å²) >= 11 is 0. The molecule has 2 heterocycles. The van der Waals surface area contributed by atoms with Gasteiger partial charge in [-0.15, -0.1) is 0 Å². The van der Waals surface area contributed by atoms with Crippen molar-refractivity contribution in [3.63, 3.8) is 0 Å². The minimum absolute atomic E-state index is 0.176. The second kappa shape index (κ2) is 11.5. The summed E-state index contributed by atoms with van der Waals surface area (Å²) in [5.41, 5.74) is 6.91. The molecule has 4 aromatic rings. The van der Waals surface area contributed by atoms with Crippen molar-refractivity contribution in [2.24, 2.45) is 5.73 Å².